The molecular weight excluding hydrogens is 306 g/mol. The van der Waals surface area contributed by atoms with Crippen molar-refractivity contribution in [1.29, 1.82) is 0 Å². The van der Waals surface area contributed by atoms with Gasteiger partial charge in [-0.1, -0.05) is 17.7 Å². The fourth-order valence-electron chi connectivity index (χ4n) is 2.32. The maximum Gasteiger partial charge on any atom is 0.269 e. The zero-order chi connectivity index (χ0) is 17.7. The van der Waals surface area contributed by atoms with Crippen molar-refractivity contribution >= 4 is 17.8 Å². The molecule has 124 valence electrons. The van der Waals surface area contributed by atoms with Gasteiger partial charge in [-0.05, 0) is 49.1 Å². The Morgan fingerprint density at radius 2 is 1.88 bits per heavy atom. The minimum atomic E-state index is -0.448. The van der Waals surface area contributed by atoms with Gasteiger partial charge in [-0.15, -0.1) is 6.58 Å². The van der Waals surface area contributed by atoms with Crippen molar-refractivity contribution in [2.75, 3.05) is 0 Å². The summed E-state index contributed by atoms with van der Waals surface area (Å²) in [5.74, 6) is 0.0227. The van der Waals surface area contributed by atoms with Crippen LogP contribution in [-0.4, -0.2) is 15.1 Å². The number of rotatable bonds is 6. The molecule has 0 fully saturated rings. The minimum Gasteiger partial charge on any atom is -0.508 e. The Kier molecular flexibility index (Phi) is 5.37. The van der Waals surface area contributed by atoms with Crippen LogP contribution in [0, 0.1) is 10.1 Å². The van der Waals surface area contributed by atoms with E-state index in [1.807, 2.05) is 6.92 Å². The molecule has 0 aliphatic heterocycles. The van der Waals surface area contributed by atoms with Gasteiger partial charge >= 0.3 is 0 Å². The van der Waals surface area contributed by atoms with Crippen LogP contribution in [0.25, 0.3) is 12.2 Å². The molecule has 0 aliphatic carbocycles. The summed E-state index contributed by atoms with van der Waals surface area (Å²) in [6.45, 7) is 5.78. The van der Waals surface area contributed by atoms with Crippen molar-refractivity contribution in [3.05, 3.63) is 75.4 Å². The number of nitro benzene ring substituents is 1. The third-order valence-electron chi connectivity index (χ3n) is 3.61. The lowest BCUT2D eigenvalue weighted by Crippen LogP contribution is -1.92. The third-order valence-corrected chi connectivity index (χ3v) is 3.61. The van der Waals surface area contributed by atoms with E-state index >= 15 is 0 Å². The van der Waals surface area contributed by atoms with E-state index in [1.165, 1.54) is 18.2 Å². The molecule has 0 aromatic heterocycles. The number of phenols is 2. The van der Waals surface area contributed by atoms with E-state index in [1.54, 1.807) is 30.4 Å². The standard InChI is InChI=1S/C19H19NO4/c1-13(2)3-10-18-15(11-17(21)12-19(18)22)7-4-14-5-8-16(9-6-14)20(23)24/h4-9,11-12,21-22H,1,3,10H2,2H3. The number of hydrogen-bond donors (Lipinski definition) is 2. The van der Waals surface area contributed by atoms with Gasteiger partial charge in [0.25, 0.3) is 5.69 Å². The highest BCUT2D eigenvalue weighted by molar-refractivity contribution is 5.73. The van der Waals surface area contributed by atoms with E-state index in [0.29, 0.717) is 12.0 Å². The van der Waals surface area contributed by atoms with Crippen molar-refractivity contribution in [1.82, 2.24) is 0 Å². The van der Waals surface area contributed by atoms with Crippen LogP contribution >= 0.6 is 0 Å². The molecule has 0 saturated heterocycles. The van der Waals surface area contributed by atoms with Crippen molar-refractivity contribution in [3.63, 3.8) is 0 Å². The van der Waals surface area contributed by atoms with Crippen LogP contribution in [0.2, 0.25) is 0 Å². The fourth-order valence-corrected chi connectivity index (χ4v) is 2.32. The van der Waals surface area contributed by atoms with Crippen LogP contribution in [0.1, 0.15) is 30.0 Å². The number of allylic oxidation sites excluding steroid dienone is 1. The molecule has 0 spiro atoms. The SMILES string of the molecule is C=C(C)CCc1c(O)cc(O)cc1C=Cc1ccc([N+](=O)[O-])cc1. The molecule has 0 amide bonds. The van der Waals surface area contributed by atoms with Gasteiger partial charge in [-0.2, -0.15) is 0 Å². The van der Waals surface area contributed by atoms with Gasteiger partial charge in [-0.25, -0.2) is 0 Å². The molecule has 0 bridgehead atoms. The maximum atomic E-state index is 10.7. The van der Waals surface area contributed by atoms with E-state index in [4.69, 9.17) is 0 Å². The first-order valence-corrected chi connectivity index (χ1v) is 7.48. The predicted octanol–water partition coefficient (Wildman–Crippen LogP) is 4.69. The lowest BCUT2D eigenvalue weighted by molar-refractivity contribution is -0.384. The molecule has 24 heavy (non-hydrogen) atoms. The molecule has 5 nitrogen and oxygen atoms in total. The van der Waals surface area contributed by atoms with Crippen LogP contribution in [0.4, 0.5) is 5.69 Å². The largest absolute Gasteiger partial charge is 0.508 e. The van der Waals surface area contributed by atoms with Gasteiger partial charge < -0.3 is 10.2 Å². The molecule has 2 rings (SSSR count). The van der Waals surface area contributed by atoms with E-state index in [0.717, 1.165) is 23.1 Å². The molecule has 2 N–H and O–H groups in total. The normalized spacial score (nSPS) is 10.9. The van der Waals surface area contributed by atoms with Crippen molar-refractivity contribution in [2.45, 2.75) is 19.8 Å². The van der Waals surface area contributed by atoms with Crippen LogP contribution in [-0.2, 0) is 6.42 Å². The van der Waals surface area contributed by atoms with E-state index in [-0.39, 0.29) is 17.2 Å². The summed E-state index contributed by atoms with van der Waals surface area (Å²) in [7, 11) is 0. The van der Waals surface area contributed by atoms with Gasteiger partial charge in [-0.3, -0.25) is 10.1 Å². The Balaban J connectivity index is 2.29. The Labute approximate surface area is 140 Å². The Bertz CT molecular complexity index is 792. The average molecular weight is 325 g/mol. The van der Waals surface area contributed by atoms with E-state index in [2.05, 4.69) is 6.58 Å². The van der Waals surface area contributed by atoms with Gasteiger partial charge in [0.1, 0.15) is 11.5 Å². The second-order valence-electron chi connectivity index (χ2n) is 5.67. The molecule has 0 heterocycles. The highest BCUT2D eigenvalue weighted by Crippen LogP contribution is 2.30. The third kappa shape index (κ3) is 4.46. The average Bonchev–Trinajstić information content (AvgIpc) is 2.51. The molecule has 0 aliphatic rings. The molecule has 0 atom stereocenters. The molecule has 0 unspecified atom stereocenters. The first-order valence-electron chi connectivity index (χ1n) is 7.48. The molecule has 2 aromatic rings. The summed E-state index contributed by atoms with van der Waals surface area (Å²) in [5, 5.41) is 30.4. The highest BCUT2D eigenvalue weighted by atomic mass is 16.6. The van der Waals surface area contributed by atoms with Crippen LogP contribution < -0.4 is 0 Å². The summed E-state index contributed by atoms with van der Waals surface area (Å²) in [6, 6.07) is 9.05. The number of phenolic OH excluding ortho intramolecular Hbond substituents is 2. The summed E-state index contributed by atoms with van der Waals surface area (Å²) in [5.41, 5.74) is 3.26. The fraction of sp³-hybridized carbons (Fsp3) is 0.158. The van der Waals surface area contributed by atoms with Crippen molar-refractivity contribution in [2.24, 2.45) is 0 Å². The Hall–Kier alpha value is -3.08. The van der Waals surface area contributed by atoms with Crippen LogP contribution in [0.15, 0.2) is 48.6 Å². The summed E-state index contributed by atoms with van der Waals surface area (Å²) in [4.78, 5) is 10.2. The first kappa shape index (κ1) is 17.3. The Morgan fingerprint density at radius 3 is 2.46 bits per heavy atom. The monoisotopic (exact) mass is 325 g/mol. The molecule has 0 radical (unpaired) electrons. The highest BCUT2D eigenvalue weighted by Gasteiger charge is 2.09. The van der Waals surface area contributed by atoms with E-state index < -0.39 is 4.92 Å². The van der Waals surface area contributed by atoms with Gasteiger partial charge in [0.05, 0.1) is 4.92 Å². The summed E-state index contributed by atoms with van der Waals surface area (Å²) in [6.07, 6.45) is 4.90. The number of non-ortho nitro benzene ring substituents is 1. The van der Waals surface area contributed by atoms with Gasteiger partial charge in [0.2, 0.25) is 0 Å². The number of benzene rings is 2. The molecule has 0 saturated carbocycles. The maximum absolute atomic E-state index is 10.7. The first-order chi connectivity index (χ1) is 11.4. The van der Waals surface area contributed by atoms with Crippen LogP contribution in [0.5, 0.6) is 11.5 Å². The number of nitrogens with zero attached hydrogens (tertiary/aromatic N) is 1. The second kappa shape index (κ2) is 7.46. The van der Waals surface area contributed by atoms with Crippen molar-refractivity contribution in [3.8, 4) is 11.5 Å². The van der Waals surface area contributed by atoms with Crippen LogP contribution in [0.3, 0.4) is 0 Å². The zero-order valence-corrected chi connectivity index (χ0v) is 13.4. The van der Waals surface area contributed by atoms with Gasteiger partial charge in [0.15, 0.2) is 0 Å². The summed E-state index contributed by atoms with van der Waals surface area (Å²) < 4.78 is 0. The molecule has 5 heteroatoms. The number of nitro groups is 1. The molecule has 2 aromatic carbocycles. The predicted molar refractivity (Wildman–Crippen MR) is 94.9 cm³/mol. The second-order valence-corrected chi connectivity index (χ2v) is 5.67. The lowest BCUT2D eigenvalue weighted by atomic mass is 9.98. The van der Waals surface area contributed by atoms with Gasteiger partial charge in [0, 0.05) is 23.8 Å². The van der Waals surface area contributed by atoms with Crippen molar-refractivity contribution < 1.29 is 15.1 Å². The number of hydrogen-bond acceptors (Lipinski definition) is 4. The minimum absolute atomic E-state index is 0.0186. The topological polar surface area (TPSA) is 83.6 Å². The lowest BCUT2D eigenvalue weighted by Gasteiger charge is -2.10. The quantitative estimate of drug-likeness (QED) is 0.349. The zero-order valence-electron chi connectivity index (χ0n) is 13.4. The number of aromatic hydroxyl groups is 2. The smallest absolute Gasteiger partial charge is 0.269 e. The van der Waals surface area contributed by atoms with E-state index in [9.17, 15) is 20.3 Å². The Morgan fingerprint density at radius 1 is 1.21 bits per heavy atom. The summed E-state index contributed by atoms with van der Waals surface area (Å²) >= 11 is 0. The molecular formula is C19H19NO4.